The van der Waals surface area contributed by atoms with E-state index in [4.69, 9.17) is 10.5 Å². The second-order valence-electron chi connectivity index (χ2n) is 4.40. The van der Waals surface area contributed by atoms with Gasteiger partial charge in [0.15, 0.2) is 0 Å². The normalized spacial score (nSPS) is 10.4. The monoisotopic (exact) mass is 352 g/mol. The Hall–Kier alpha value is -1.92. The first-order valence-corrected chi connectivity index (χ1v) is 7.01. The molecule has 0 saturated carbocycles. The molecule has 0 saturated heterocycles. The maximum atomic E-state index is 13.1. The molecule has 0 bridgehead atoms. The number of benzene rings is 2. The number of rotatable bonds is 5. The number of nitrogens with two attached hydrogens (primary N) is 1. The van der Waals surface area contributed by atoms with Crippen molar-refractivity contribution in [3.05, 3.63) is 58.3 Å². The smallest absolute Gasteiger partial charge is 0.250 e. The molecule has 3 N–H and O–H groups in total. The molecular weight excluding hydrogens is 339 g/mol. The fourth-order valence-electron chi connectivity index (χ4n) is 1.67. The summed E-state index contributed by atoms with van der Waals surface area (Å²) in [7, 11) is 0. The van der Waals surface area contributed by atoms with E-state index in [1.165, 1.54) is 18.2 Å². The Kier molecular flexibility index (Phi) is 5.30. The number of carbonyl (C=O) groups is 1. The van der Waals surface area contributed by atoms with Gasteiger partial charge in [-0.15, -0.1) is 0 Å². The summed E-state index contributed by atoms with van der Waals surface area (Å²) in [5.74, 6) is -0.848. The molecule has 0 aliphatic carbocycles. The molecule has 0 radical (unpaired) electrons. The second-order valence-corrected chi connectivity index (χ2v) is 5.31. The number of hydrogen-bond donors (Lipinski definition) is 2. The molecule has 1 amide bonds. The van der Waals surface area contributed by atoms with Crippen molar-refractivity contribution in [2.75, 3.05) is 17.7 Å². The molecule has 4 nitrogen and oxygen atoms in total. The molecule has 6 heteroatoms. The van der Waals surface area contributed by atoms with Gasteiger partial charge in [-0.05, 0) is 35.9 Å². The van der Waals surface area contributed by atoms with Crippen LogP contribution in [-0.2, 0) is 16.1 Å². The molecule has 0 unspecified atom stereocenters. The van der Waals surface area contributed by atoms with E-state index >= 15 is 0 Å². The zero-order valence-corrected chi connectivity index (χ0v) is 12.7. The summed E-state index contributed by atoms with van der Waals surface area (Å²) in [4.78, 5) is 11.7. The topological polar surface area (TPSA) is 64.3 Å². The van der Waals surface area contributed by atoms with Crippen molar-refractivity contribution in [2.45, 2.75) is 6.61 Å². The van der Waals surface area contributed by atoms with Crippen LogP contribution >= 0.6 is 15.9 Å². The minimum absolute atomic E-state index is 0.133. The van der Waals surface area contributed by atoms with E-state index in [9.17, 15) is 9.18 Å². The standard InChI is InChI=1S/C15H14BrFN2O2/c16-11-3-1-10(2-4-11)8-21-9-15(20)19-14-7-12(17)5-6-13(14)18/h1-7H,8-9,18H2,(H,19,20). The van der Waals surface area contributed by atoms with E-state index in [0.29, 0.717) is 12.3 Å². The maximum absolute atomic E-state index is 13.1. The van der Waals surface area contributed by atoms with Crippen molar-refractivity contribution in [2.24, 2.45) is 0 Å². The molecule has 110 valence electrons. The van der Waals surface area contributed by atoms with Gasteiger partial charge in [0.05, 0.1) is 18.0 Å². The van der Waals surface area contributed by atoms with Crippen molar-refractivity contribution >= 4 is 33.2 Å². The van der Waals surface area contributed by atoms with Crippen molar-refractivity contribution in [3.63, 3.8) is 0 Å². The third-order valence-corrected chi connectivity index (χ3v) is 3.23. The number of nitrogen functional groups attached to an aromatic ring is 1. The zero-order valence-electron chi connectivity index (χ0n) is 11.1. The highest BCUT2D eigenvalue weighted by molar-refractivity contribution is 9.10. The van der Waals surface area contributed by atoms with Crippen LogP contribution < -0.4 is 11.1 Å². The van der Waals surface area contributed by atoms with Gasteiger partial charge in [-0.1, -0.05) is 28.1 Å². The molecule has 0 heterocycles. The number of amides is 1. The number of anilines is 2. The Labute approximate surface area is 130 Å². The number of halogens is 2. The van der Waals surface area contributed by atoms with E-state index in [2.05, 4.69) is 21.2 Å². The van der Waals surface area contributed by atoms with Crippen LogP contribution in [0.1, 0.15) is 5.56 Å². The van der Waals surface area contributed by atoms with Gasteiger partial charge in [0, 0.05) is 4.47 Å². The quantitative estimate of drug-likeness (QED) is 0.811. The highest BCUT2D eigenvalue weighted by Crippen LogP contribution is 2.19. The zero-order chi connectivity index (χ0) is 15.2. The van der Waals surface area contributed by atoms with Gasteiger partial charge >= 0.3 is 0 Å². The number of carbonyl (C=O) groups excluding carboxylic acids is 1. The van der Waals surface area contributed by atoms with Crippen molar-refractivity contribution in [1.29, 1.82) is 0 Å². The van der Waals surface area contributed by atoms with Crippen molar-refractivity contribution < 1.29 is 13.9 Å². The molecule has 0 aromatic heterocycles. The largest absolute Gasteiger partial charge is 0.397 e. The van der Waals surface area contributed by atoms with E-state index in [0.717, 1.165) is 10.0 Å². The summed E-state index contributed by atoms with van der Waals surface area (Å²) in [5, 5.41) is 2.51. The summed E-state index contributed by atoms with van der Waals surface area (Å²) in [6.45, 7) is 0.186. The van der Waals surface area contributed by atoms with Crippen LogP contribution in [0.3, 0.4) is 0 Å². The number of hydrogen-bond acceptors (Lipinski definition) is 3. The van der Waals surface area contributed by atoms with E-state index in [-0.39, 0.29) is 18.2 Å². The van der Waals surface area contributed by atoms with Crippen LogP contribution in [-0.4, -0.2) is 12.5 Å². The first-order valence-electron chi connectivity index (χ1n) is 6.21. The lowest BCUT2D eigenvalue weighted by Crippen LogP contribution is -2.19. The minimum atomic E-state index is -0.463. The summed E-state index contributed by atoms with van der Waals surface area (Å²) >= 11 is 3.34. The molecule has 2 aromatic carbocycles. The van der Waals surface area contributed by atoms with Gasteiger partial charge in [-0.25, -0.2) is 4.39 Å². The highest BCUT2D eigenvalue weighted by atomic mass is 79.9. The summed E-state index contributed by atoms with van der Waals surface area (Å²) < 4.78 is 19.3. The fraction of sp³-hybridized carbons (Fsp3) is 0.133. The molecule has 0 aliphatic rings. The highest BCUT2D eigenvalue weighted by Gasteiger charge is 2.06. The Morgan fingerprint density at radius 2 is 1.95 bits per heavy atom. The van der Waals surface area contributed by atoms with Crippen molar-refractivity contribution in [3.8, 4) is 0 Å². The van der Waals surface area contributed by atoms with Gasteiger partial charge in [-0.3, -0.25) is 4.79 Å². The predicted octanol–water partition coefficient (Wildman–Crippen LogP) is 3.33. The number of ether oxygens (including phenoxy) is 1. The van der Waals surface area contributed by atoms with Crippen LogP contribution in [0.2, 0.25) is 0 Å². The van der Waals surface area contributed by atoms with Crippen LogP contribution in [0, 0.1) is 5.82 Å². The van der Waals surface area contributed by atoms with Gasteiger partial charge in [0.2, 0.25) is 5.91 Å². The molecule has 21 heavy (non-hydrogen) atoms. The van der Waals surface area contributed by atoms with Crippen LogP contribution in [0.25, 0.3) is 0 Å². The third kappa shape index (κ3) is 4.84. The maximum Gasteiger partial charge on any atom is 0.250 e. The van der Waals surface area contributed by atoms with Crippen LogP contribution in [0.15, 0.2) is 46.9 Å². The second kappa shape index (κ2) is 7.19. The lowest BCUT2D eigenvalue weighted by molar-refractivity contribution is -0.121. The van der Waals surface area contributed by atoms with Gasteiger partial charge in [0.25, 0.3) is 0 Å². The third-order valence-electron chi connectivity index (χ3n) is 2.70. The Balaban J connectivity index is 1.82. The first kappa shape index (κ1) is 15.5. The Bertz CT molecular complexity index is 632. The molecule has 0 atom stereocenters. The van der Waals surface area contributed by atoms with Gasteiger partial charge in [-0.2, -0.15) is 0 Å². The lowest BCUT2D eigenvalue weighted by atomic mass is 10.2. The van der Waals surface area contributed by atoms with Crippen LogP contribution in [0.5, 0.6) is 0 Å². The van der Waals surface area contributed by atoms with E-state index < -0.39 is 5.82 Å². The van der Waals surface area contributed by atoms with Crippen molar-refractivity contribution in [1.82, 2.24) is 0 Å². The molecule has 2 rings (SSSR count). The number of nitrogens with one attached hydrogen (secondary N) is 1. The van der Waals surface area contributed by atoms with E-state index in [1.54, 1.807) is 0 Å². The molecule has 2 aromatic rings. The van der Waals surface area contributed by atoms with Crippen LogP contribution in [0.4, 0.5) is 15.8 Å². The SMILES string of the molecule is Nc1ccc(F)cc1NC(=O)COCc1ccc(Br)cc1. The summed E-state index contributed by atoms with van der Waals surface area (Å²) in [5.41, 5.74) is 7.15. The average molecular weight is 353 g/mol. The Morgan fingerprint density at radius 3 is 2.67 bits per heavy atom. The fourth-order valence-corrected chi connectivity index (χ4v) is 1.93. The average Bonchev–Trinajstić information content (AvgIpc) is 2.45. The Morgan fingerprint density at radius 1 is 1.24 bits per heavy atom. The van der Waals surface area contributed by atoms with Gasteiger partial charge in [0.1, 0.15) is 12.4 Å². The molecule has 0 fully saturated rings. The predicted molar refractivity (Wildman–Crippen MR) is 83.2 cm³/mol. The minimum Gasteiger partial charge on any atom is -0.397 e. The first-order chi connectivity index (χ1) is 10.0. The molecular formula is C15H14BrFN2O2. The molecule has 0 spiro atoms. The van der Waals surface area contributed by atoms with Gasteiger partial charge < -0.3 is 15.8 Å². The summed E-state index contributed by atoms with van der Waals surface area (Å²) in [6.07, 6.45) is 0. The lowest BCUT2D eigenvalue weighted by Gasteiger charge is -2.09. The summed E-state index contributed by atoms with van der Waals surface area (Å²) in [6, 6.07) is 11.4. The van der Waals surface area contributed by atoms with E-state index in [1.807, 2.05) is 24.3 Å². The molecule has 0 aliphatic heterocycles.